The van der Waals surface area contributed by atoms with Crippen LogP contribution in [-0.2, 0) is 38.8 Å². The Morgan fingerprint density at radius 3 is 1.34 bits per heavy atom. The van der Waals surface area contributed by atoms with Gasteiger partial charge < -0.3 is 36.2 Å². The van der Waals surface area contributed by atoms with E-state index in [-0.39, 0.29) is 120 Å². The number of esters is 2. The van der Waals surface area contributed by atoms with Crippen molar-refractivity contribution in [3.8, 4) is 0 Å². The molecule has 0 heterocycles. The number of ether oxygens (including phenoxy) is 2. The second-order valence-corrected chi connectivity index (χ2v) is 15.5. The van der Waals surface area contributed by atoms with Gasteiger partial charge in [-0.15, -0.1) is 0 Å². The third-order valence-corrected chi connectivity index (χ3v) is 9.50. The summed E-state index contributed by atoms with van der Waals surface area (Å²) in [5.41, 5.74) is 0. The molecule has 298 valence electrons. The standard InChI is InChI=1S/C14H26O7S.C14H26O4.C10H21.3Na/c1-11(2)8-6-4-3-5-7-9-14(13(17)18,10-12(15)16)22(19,20)21;1-3-5-7-11-17-13(15)9-10-14(16)18-12-8-6-4-2;1-4-5-6-7-8-9-10(2)3;;;/h11H,3-10H2,1-2H3,(H,15,16)(H,17,18)(H,19,20,21);3-12H2,1-2H3;10H,1,4-9H2,2-3H3;;;/q;;-1;3*+1/p-2. The Hall–Kier alpha value is 0.790. The third-order valence-electron chi connectivity index (χ3n) is 7.99. The van der Waals surface area contributed by atoms with E-state index in [1.54, 1.807) is 0 Å². The Kier molecular flexibility index (Phi) is 54.4. The quantitative estimate of drug-likeness (QED) is 0.0289. The van der Waals surface area contributed by atoms with Gasteiger partial charge in [-0.05, 0) is 31.1 Å². The van der Waals surface area contributed by atoms with E-state index in [0.717, 1.165) is 76.5 Å². The zero-order chi connectivity index (χ0) is 38.8. The van der Waals surface area contributed by atoms with E-state index in [0.29, 0.717) is 25.6 Å². The van der Waals surface area contributed by atoms with Crippen molar-refractivity contribution in [1.29, 1.82) is 0 Å². The van der Waals surface area contributed by atoms with Gasteiger partial charge in [0.2, 0.25) is 0 Å². The van der Waals surface area contributed by atoms with Gasteiger partial charge in [0.25, 0.3) is 10.1 Å². The summed E-state index contributed by atoms with van der Waals surface area (Å²) in [6.45, 7) is 17.7. The van der Waals surface area contributed by atoms with Crippen LogP contribution in [-0.4, -0.2) is 54.8 Å². The van der Waals surface area contributed by atoms with Gasteiger partial charge in [0.15, 0.2) is 0 Å². The van der Waals surface area contributed by atoms with Crippen molar-refractivity contribution in [2.75, 3.05) is 13.2 Å². The summed E-state index contributed by atoms with van der Waals surface area (Å²) in [5, 5.41) is 21.7. The number of hydrogen-bond acceptors (Lipinski definition) is 10. The minimum absolute atomic E-state index is 0. The van der Waals surface area contributed by atoms with Crippen molar-refractivity contribution in [1.82, 2.24) is 0 Å². The molecule has 11 nitrogen and oxygen atoms in total. The molecule has 0 saturated carbocycles. The average Bonchev–Trinajstić information content (AvgIpc) is 3.02. The van der Waals surface area contributed by atoms with E-state index < -0.39 is 39.6 Å². The minimum atomic E-state index is -5.11. The van der Waals surface area contributed by atoms with Gasteiger partial charge in [0.1, 0.15) is 4.75 Å². The maximum atomic E-state index is 11.3. The SMILES string of the molecule is CC(C)CCCCCCCC(CC(=O)[O-])(C(=O)[O-])S(=O)(=O)O.CCCCCOC(=O)CCC(=O)OCCCCC.[CH2-]CCCCCCC(C)C.[Na+].[Na+].[Na+]. The van der Waals surface area contributed by atoms with Crippen LogP contribution in [0.15, 0.2) is 0 Å². The Balaban J connectivity index is -0.000000161. The Morgan fingerprint density at radius 1 is 0.642 bits per heavy atom. The first kappa shape index (κ1) is 65.6. The van der Waals surface area contributed by atoms with Gasteiger partial charge in [-0.3, -0.25) is 14.1 Å². The summed E-state index contributed by atoms with van der Waals surface area (Å²) in [6, 6.07) is 0. The summed E-state index contributed by atoms with van der Waals surface area (Å²) < 4.78 is 38.9. The molecule has 0 saturated heterocycles. The molecule has 0 aliphatic carbocycles. The number of carbonyl (C=O) groups is 4. The summed E-state index contributed by atoms with van der Waals surface area (Å²) in [4.78, 5) is 44.2. The van der Waals surface area contributed by atoms with Gasteiger partial charge in [-0.1, -0.05) is 138 Å². The second kappa shape index (κ2) is 43.9. The molecule has 0 amide bonds. The average molecular weight is 805 g/mol. The molecule has 1 atom stereocenters. The molecule has 0 rings (SSSR count). The first-order chi connectivity index (χ1) is 23.5. The molecule has 0 radical (unpaired) electrons. The number of carboxylic acid groups (broad SMARTS) is 2. The third kappa shape index (κ3) is 43.8. The van der Waals surface area contributed by atoms with E-state index in [1.165, 1.54) is 32.1 Å². The molecule has 0 bridgehead atoms. The number of rotatable bonds is 29. The zero-order valence-corrected chi connectivity index (χ0v) is 42.1. The molecular formula is C38H71Na3O11S. The van der Waals surface area contributed by atoms with Crippen LogP contribution in [0.2, 0.25) is 0 Å². The maximum Gasteiger partial charge on any atom is 1.00 e. The van der Waals surface area contributed by atoms with Crippen LogP contribution in [0.3, 0.4) is 0 Å². The van der Waals surface area contributed by atoms with E-state index in [9.17, 15) is 37.8 Å². The molecule has 1 unspecified atom stereocenters. The molecule has 53 heavy (non-hydrogen) atoms. The van der Waals surface area contributed by atoms with Gasteiger partial charge in [-0.25, -0.2) is 0 Å². The molecule has 1 N–H and O–H groups in total. The van der Waals surface area contributed by atoms with Crippen molar-refractivity contribution in [3.63, 3.8) is 0 Å². The normalized spacial score (nSPS) is 11.6. The molecule has 0 aliphatic heterocycles. The summed E-state index contributed by atoms with van der Waals surface area (Å²) in [7, 11) is -5.11. The van der Waals surface area contributed by atoms with Crippen molar-refractivity contribution in [3.05, 3.63) is 6.92 Å². The number of aliphatic carboxylic acids is 2. The van der Waals surface area contributed by atoms with E-state index in [2.05, 4.69) is 48.5 Å². The van der Waals surface area contributed by atoms with Gasteiger partial charge in [-0.2, -0.15) is 14.8 Å². The monoisotopic (exact) mass is 804 g/mol. The summed E-state index contributed by atoms with van der Waals surface area (Å²) in [5.74, 6) is -3.10. The summed E-state index contributed by atoms with van der Waals surface area (Å²) >= 11 is 0. The predicted molar refractivity (Wildman–Crippen MR) is 194 cm³/mol. The van der Waals surface area contributed by atoms with Crippen molar-refractivity contribution < 1.29 is 141 Å². The fourth-order valence-corrected chi connectivity index (χ4v) is 5.74. The molecule has 15 heteroatoms. The van der Waals surface area contributed by atoms with Crippen LogP contribution in [0.4, 0.5) is 0 Å². The van der Waals surface area contributed by atoms with Crippen molar-refractivity contribution in [2.24, 2.45) is 11.8 Å². The second-order valence-electron chi connectivity index (χ2n) is 13.8. The Labute approximate surface area is 390 Å². The number of unbranched alkanes of at least 4 members (excludes halogenated alkanes) is 12. The van der Waals surface area contributed by atoms with Crippen LogP contribution < -0.4 is 98.9 Å². The molecule has 0 fully saturated rings. The number of carboxylic acids is 2. The van der Waals surface area contributed by atoms with Crippen LogP contribution in [0.1, 0.15) is 183 Å². The van der Waals surface area contributed by atoms with Crippen LogP contribution in [0, 0.1) is 18.8 Å². The first-order valence-corrected chi connectivity index (χ1v) is 20.4. The molecular weight excluding hydrogens is 733 g/mol. The van der Waals surface area contributed by atoms with E-state index >= 15 is 0 Å². The van der Waals surface area contributed by atoms with Crippen LogP contribution in [0.25, 0.3) is 0 Å². The van der Waals surface area contributed by atoms with Gasteiger partial charge in [0, 0.05) is 12.4 Å². The molecule has 0 aliphatic rings. The number of carbonyl (C=O) groups excluding carboxylic acids is 4. The van der Waals surface area contributed by atoms with Crippen molar-refractivity contribution in [2.45, 2.75) is 188 Å². The van der Waals surface area contributed by atoms with Gasteiger partial charge in [0.05, 0.1) is 32.0 Å². The smallest absolute Gasteiger partial charge is 0.550 e. The molecule has 0 spiro atoms. The van der Waals surface area contributed by atoms with Crippen LogP contribution in [0.5, 0.6) is 0 Å². The Bertz CT molecular complexity index is 956. The molecule has 0 aromatic heterocycles. The first-order valence-electron chi connectivity index (χ1n) is 19.0. The largest absolute Gasteiger partial charge is 1.00 e. The predicted octanol–water partition coefficient (Wildman–Crippen LogP) is -2.05. The van der Waals surface area contributed by atoms with Crippen molar-refractivity contribution >= 4 is 34.0 Å². The van der Waals surface area contributed by atoms with E-state index in [4.69, 9.17) is 14.0 Å². The molecule has 0 aromatic rings. The minimum Gasteiger partial charge on any atom is -0.550 e. The summed E-state index contributed by atoms with van der Waals surface area (Å²) in [6.07, 6.45) is 17.1. The van der Waals surface area contributed by atoms with Crippen LogP contribution >= 0.6 is 0 Å². The fourth-order valence-electron chi connectivity index (χ4n) is 4.82. The maximum absolute atomic E-state index is 11.3. The topological polar surface area (TPSA) is 187 Å². The number of hydrogen-bond donors (Lipinski definition) is 1. The van der Waals surface area contributed by atoms with Gasteiger partial charge >= 0.3 is 101 Å². The molecule has 0 aromatic carbocycles. The fraction of sp³-hybridized carbons (Fsp3) is 0.868. The Morgan fingerprint density at radius 2 is 1.02 bits per heavy atom. The zero-order valence-electron chi connectivity index (χ0n) is 35.3. The van der Waals surface area contributed by atoms with E-state index in [1.807, 2.05) is 0 Å².